The van der Waals surface area contributed by atoms with E-state index in [2.05, 4.69) is 10.6 Å². The molecule has 3 amide bonds. The van der Waals surface area contributed by atoms with Gasteiger partial charge >= 0.3 is 0 Å². The van der Waals surface area contributed by atoms with Crippen molar-refractivity contribution in [3.8, 4) is 5.75 Å². The molecule has 21 heavy (non-hydrogen) atoms. The number of piperidine rings is 1. The number of halogens is 2. The lowest BCUT2D eigenvalue weighted by Gasteiger charge is -2.22. The number of hydrogen-bond donors (Lipinski definition) is 2. The predicted molar refractivity (Wildman–Crippen MR) is 84.4 cm³/mol. The van der Waals surface area contributed by atoms with E-state index in [4.69, 9.17) is 16.3 Å². The van der Waals surface area contributed by atoms with Gasteiger partial charge in [0, 0.05) is 9.99 Å². The van der Waals surface area contributed by atoms with Gasteiger partial charge in [0.2, 0.25) is 11.8 Å². The number of rotatable bonds is 3. The first kappa shape index (κ1) is 16.0. The molecule has 1 aromatic carbocycles. The molecule has 1 aromatic rings. The van der Waals surface area contributed by atoms with Gasteiger partial charge in [0.1, 0.15) is 11.8 Å². The van der Waals surface area contributed by atoms with Gasteiger partial charge in [-0.15, -0.1) is 0 Å². The Bertz CT molecular complexity index is 620. The van der Waals surface area contributed by atoms with Gasteiger partial charge in [-0.1, -0.05) is 11.6 Å². The molecule has 112 valence electrons. The van der Waals surface area contributed by atoms with E-state index >= 15 is 0 Å². The number of amides is 3. The molecule has 0 bridgehead atoms. The molecule has 0 spiro atoms. The zero-order chi connectivity index (χ0) is 15.6. The Kier molecular flexibility index (Phi) is 5.04. The molecule has 0 radical (unpaired) electrons. The zero-order valence-corrected chi connectivity index (χ0v) is 13.9. The van der Waals surface area contributed by atoms with Gasteiger partial charge in [0.25, 0.3) is 5.91 Å². The molecule has 1 aliphatic heterocycles. The van der Waals surface area contributed by atoms with Crippen LogP contribution in [0.3, 0.4) is 0 Å². The minimum absolute atomic E-state index is 0.196. The smallest absolute Gasteiger partial charge is 0.255 e. The summed E-state index contributed by atoms with van der Waals surface area (Å²) < 4.78 is 5.91. The second kappa shape index (κ2) is 6.61. The molecule has 1 heterocycles. The van der Waals surface area contributed by atoms with Crippen molar-refractivity contribution in [2.75, 3.05) is 7.11 Å². The number of benzene rings is 1. The van der Waals surface area contributed by atoms with E-state index in [0.717, 1.165) is 3.57 Å². The van der Waals surface area contributed by atoms with Gasteiger partial charge < -0.3 is 10.1 Å². The largest absolute Gasteiger partial charge is 0.496 e. The Hall–Kier alpha value is -1.35. The van der Waals surface area contributed by atoms with Gasteiger partial charge in [-0.05, 0) is 41.1 Å². The van der Waals surface area contributed by atoms with Crippen molar-refractivity contribution >= 4 is 51.9 Å². The summed E-state index contributed by atoms with van der Waals surface area (Å²) in [6, 6.07) is 2.39. The van der Waals surface area contributed by atoms with Gasteiger partial charge in [-0.25, -0.2) is 0 Å². The fourth-order valence-electron chi connectivity index (χ4n) is 1.94. The normalized spacial score (nSPS) is 18.1. The SMILES string of the molecule is COc1cc(I)c(Cl)cc1C(=O)NC1CCC(=O)NC1=O. The summed E-state index contributed by atoms with van der Waals surface area (Å²) in [4.78, 5) is 35.0. The van der Waals surface area contributed by atoms with E-state index in [9.17, 15) is 14.4 Å². The quantitative estimate of drug-likeness (QED) is 0.571. The van der Waals surface area contributed by atoms with Gasteiger partial charge in [0.15, 0.2) is 0 Å². The van der Waals surface area contributed by atoms with E-state index in [1.54, 1.807) is 6.07 Å². The lowest BCUT2D eigenvalue weighted by Crippen LogP contribution is -2.52. The maximum absolute atomic E-state index is 12.3. The molecule has 1 saturated heterocycles. The average Bonchev–Trinajstić information content (AvgIpc) is 2.44. The molecule has 0 saturated carbocycles. The molecular weight excluding hydrogens is 411 g/mol. The van der Waals surface area contributed by atoms with Crippen LogP contribution in [0.5, 0.6) is 5.75 Å². The summed E-state index contributed by atoms with van der Waals surface area (Å²) in [7, 11) is 1.45. The maximum atomic E-state index is 12.3. The van der Waals surface area contributed by atoms with Gasteiger partial charge in [-0.3, -0.25) is 19.7 Å². The third-order valence-corrected chi connectivity index (χ3v) is 4.56. The first-order valence-electron chi connectivity index (χ1n) is 6.10. The Morgan fingerprint density at radius 1 is 1.48 bits per heavy atom. The van der Waals surface area contributed by atoms with Crippen molar-refractivity contribution in [1.29, 1.82) is 0 Å². The summed E-state index contributed by atoms with van der Waals surface area (Å²) in [5.74, 6) is -0.941. The highest BCUT2D eigenvalue weighted by atomic mass is 127. The number of carbonyl (C=O) groups is 3. The summed E-state index contributed by atoms with van der Waals surface area (Å²) in [5, 5.41) is 5.19. The summed E-state index contributed by atoms with van der Waals surface area (Å²) in [5.41, 5.74) is 0.243. The minimum atomic E-state index is -0.738. The van der Waals surface area contributed by atoms with Crippen molar-refractivity contribution in [1.82, 2.24) is 10.6 Å². The highest BCUT2D eigenvalue weighted by Gasteiger charge is 2.29. The summed E-state index contributed by atoms with van der Waals surface area (Å²) >= 11 is 8.04. The highest BCUT2D eigenvalue weighted by Crippen LogP contribution is 2.28. The first-order chi connectivity index (χ1) is 9.92. The molecule has 1 atom stereocenters. The van der Waals surface area contributed by atoms with Gasteiger partial charge in [-0.2, -0.15) is 0 Å². The molecule has 0 aliphatic carbocycles. The first-order valence-corrected chi connectivity index (χ1v) is 7.55. The zero-order valence-electron chi connectivity index (χ0n) is 11.0. The average molecular weight is 423 g/mol. The van der Waals surface area contributed by atoms with Crippen LogP contribution in [-0.4, -0.2) is 30.9 Å². The highest BCUT2D eigenvalue weighted by molar-refractivity contribution is 14.1. The number of nitrogens with one attached hydrogen (secondary N) is 2. The Morgan fingerprint density at radius 3 is 2.81 bits per heavy atom. The molecule has 1 unspecified atom stereocenters. The van der Waals surface area contributed by atoms with E-state index < -0.39 is 17.9 Å². The molecular formula is C13H12ClIN2O4. The van der Waals surface area contributed by atoms with Crippen LogP contribution in [0.4, 0.5) is 0 Å². The fourth-order valence-corrected chi connectivity index (χ4v) is 2.54. The standard InChI is InChI=1S/C13H12ClIN2O4/c1-21-10-5-8(15)7(14)4-6(10)12(19)16-9-2-3-11(18)17-13(9)20/h4-5,9H,2-3H2,1H3,(H,16,19)(H,17,18,20). The van der Waals surface area contributed by atoms with Crippen LogP contribution < -0.4 is 15.4 Å². The molecule has 8 heteroatoms. The van der Waals surface area contributed by atoms with Crippen molar-refractivity contribution in [2.24, 2.45) is 0 Å². The lowest BCUT2D eigenvalue weighted by atomic mass is 10.1. The molecule has 6 nitrogen and oxygen atoms in total. The lowest BCUT2D eigenvalue weighted by molar-refractivity contribution is -0.134. The molecule has 0 aromatic heterocycles. The second-order valence-corrected chi connectivity index (χ2v) is 6.01. The number of hydrogen-bond acceptors (Lipinski definition) is 4. The number of ether oxygens (including phenoxy) is 1. The maximum Gasteiger partial charge on any atom is 0.255 e. The van der Waals surface area contributed by atoms with Crippen LogP contribution in [0.15, 0.2) is 12.1 Å². The van der Waals surface area contributed by atoms with Crippen LogP contribution in [0.1, 0.15) is 23.2 Å². The van der Waals surface area contributed by atoms with Gasteiger partial charge in [0.05, 0.1) is 17.7 Å². The van der Waals surface area contributed by atoms with Crippen LogP contribution >= 0.6 is 34.2 Å². The predicted octanol–water partition coefficient (Wildman–Crippen LogP) is 1.49. The van der Waals surface area contributed by atoms with E-state index in [-0.39, 0.29) is 24.3 Å². The van der Waals surface area contributed by atoms with Crippen molar-refractivity contribution in [3.05, 3.63) is 26.3 Å². The van der Waals surface area contributed by atoms with Crippen LogP contribution in [0, 0.1) is 3.57 Å². The van der Waals surface area contributed by atoms with Crippen molar-refractivity contribution in [3.63, 3.8) is 0 Å². The van der Waals surface area contributed by atoms with E-state index in [0.29, 0.717) is 10.8 Å². The Labute approximate surface area is 139 Å². The fraction of sp³-hybridized carbons (Fsp3) is 0.308. The molecule has 1 fully saturated rings. The summed E-state index contributed by atoms with van der Waals surface area (Å²) in [6.07, 6.45) is 0.470. The Morgan fingerprint density at radius 2 is 2.19 bits per heavy atom. The minimum Gasteiger partial charge on any atom is -0.496 e. The molecule has 1 aliphatic rings. The van der Waals surface area contributed by atoms with Crippen LogP contribution in [-0.2, 0) is 9.59 Å². The Balaban J connectivity index is 2.19. The van der Waals surface area contributed by atoms with Crippen LogP contribution in [0.2, 0.25) is 5.02 Å². The summed E-state index contributed by atoms with van der Waals surface area (Å²) in [6.45, 7) is 0. The second-order valence-electron chi connectivity index (χ2n) is 4.44. The van der Waals surface area contributed by atoms with E-state index in [1.165, 1.54) is 13.2 Å². The number of methoxy groups -OCH3 is 1. The number of carbonyl (C=O) groups excluding carboxylic acids is 3. The van der Waals surface area contributed by atoms with E-state index in [1.807, 2.05) is 22.6 Å². The topological polar surface area (TPSA) is 84.5 Å². The van der Waals surface area contributed by atoms with Crippen molar-refractivity contribution in [2.45, 2.75) is 18.9 Å². The monoisotopic (exact) mass is 422 g/mol. The third-order valence-electron chi connectivity index (χ3n) is 3.03. The van der Waals surface area contributed by atoms with Crippen molar-refractivity contribution < 1.29 is 19.1 Å². The number of imide groups is 1. The molecule has 2 rings (SSSR count). The van der Waals surface area contributed by atoms with Crippen LogP contribution in [0.25, 0.3) is 0 Å². The third kappa shape index (κ3) is 3.65. The molecule has 2 N–H and O–H groups in total.